The molecule has 0 aliphatic rings. The Kier molecular flexibility index (Phi) is 3.34. The average molecular weight is 217 g/mol. The lowest BCUT2D eigenvalue weighted by atomic mass is 10.0. The Morgan fingerprint density at radius 1 is 1.40 bits per heavy atom. The van der Waals surface area contributed by atoms with Crippen molar-refractivity contribution in [3.05, 3.63) is 35.4 Å². The van der Waals surface area contributed by atoms with Gasteiger partial charge in [-0.25, -0.2) is 0 Å². The minimum atomic E-state index is -4.37. The Hall–Kier alpha value is -1.52. The van der Waals surface area contributed by atoms with E-state index in [1.807, 2.05) is 0 Å². The number of oxime groups is 1. The lowest BCUT2D eigenvalue weighted by Gasteiger charge is -2.08. The van der Waals surface area contributed by atoms with Crippen molar-refractivity contribution in [2.24, 2.45) is 5.16 Å². The van der Waals surface area contributed by atoms with Crippen molar-refractivity contribution in [1.82, 2.24) is 0 Å². The molecule has 2 nitrogen and oxygen atoms in total. The fourth-order valence-corrected chi connectivity index (χ4v) is 1.21. The van der Waals surface area contributed by atoms with E-state index in [-0.39, 0.29) is 11.3 Å². The molecule has 0 spiro atoms. The summed E-state index contributed by atoms with van der Waals surface area (Å²) in [5.41, 5.74) is -0.217. The maximum absolute atomic E-state index is 12.3. The first-order chi connectivity index (χ1) is 6.99. The SMILES string of the molecule is CC/C(=N\O)c1cccc(C(F)(F)F)c1. The van der Waals surface area contributed by atoms with E-state index in [0.717, 1.165) is 12.1 Å². The first-order valence-corrected chi connectivity index (χ1v) is 4.37. The molecule has 0 unspecified atom stereocenters. The van der Waals surface area contributed by atoms with Crippen LogP contribution >= 0.6 is 0 Å². The van der Waals surface area contributed by atoms with Gasteiger partial charge >= 0.3 is 6.18 Å². The maximum Gasteiger partial charge on any atom is 0.416 e. The van der Waals surface area contributed by atoms with E-state index < -0.39 is 11.7 Å². The summed E-state index contributed by atoms with van der Waals surface area (Å²) in [5.74, 6) is 0. The van der Waals surface area contributed by atoms with Gasteiger partial charge in [-0.3, -0.25) is 0 Å². The quantitative estimate of drug-likeness (QED) is 0.460. The molecule has 1 N–H and O–H groups in total. The lowest BCUT2D eigenvalue weighted by molar-refractivity contribution is -0.137. The summed E-state index contributed by atoms with van der Waals surface area (Å²) in [6.07, 6.45) is -4.00. The standard InChI is InChI=1S/C10H10F3NO/c1-2-9(14-15)7-4-3-5-8(6-7)10(11,12)13/h3-6,15H,2H2,1H3/b14-9+. The Balaban J connectivity index is 3.14. The highest BCUT2D eigenvalue weighted by atomic mass is 19.4. The number of halogens is 3. The minimum absolute atomic E-state index is 0.237. The molecule has 1 aromatic carbocycles. The molecule has 0 radical (unpaired) electrons. The second-order valence-electron chi connectivity index (χ2n) is 2.98. The van der Waals surface area contributed by atoms with Gasteiger partial charge in [0.2, 0.25) is 0 Å². The molecule has 0 saturated heterocycles. The second-order valence-corrected chi connectivity index (χ2v) is 2.98. The summed E-state index contributed by atoms with van der Waals surface area (Å²) in [6.45, 7) is 1.70. The predicted octanol–water partition coefficient (Wildman–Crippen LogP) is 3.29. The molecule has 15 heavy (non-hydrogen) atoms. The van der Waals surface area contributed by atoms with E-state index in [9.17, 15) is 13.2 Å². The van der Waals surface area contributed by atoms with Gasteiger partial charge in [0.25, 0.3) is 0 Å². The molecule has 0 amide bonds. The molecule has 0 bridgehead atoms. The summed E-state index contributed by atoms with van der Waals surface area (Å²) < 4.78 is 37.0. The third kappa shape index (κ3) is 2.71. The van der Waals surface area contributed by atoms with Gasteiger partial charge in [-0.2, -0.15) is 13.2 Å². The van der Waals surface area contributed by atoms with E-state index in [1.54, 1.807) is 6.92 Å². The summed E-state index contributed by atoms with van der Waals surface area (Å²) >= 11 is 0. The molecule has 0 saturated carbocycles. The molecule has 0 fully saturated rings. The van der Waals surface area contributed by atoms with Crippen LogP contribution in [0.1, 0.15) is 24.5 Å². The summed E-state index contributed by atoms with van der Waals surface area (Å²) in [4.78, 5) is 0. The molecule has 0 heterocycles. The number of hydrogen-bond acceptors (Lipinski definition) is 2. The molecular formula is C10H10F3NO. The van der Waals surface area contributed by atoms with Crippen molar-refractivity contribution in [3.63, 3.8) is 0 Å². The number of benzene rings is 1. The smallest absolute Gasteiger partial charge is 0.411 e. The van der Waals surface area contributed by atoms with Gasteiger partial charge in [0.15, 0.2) is 0 Å². The minimum Gasteiger partial charge on any atom is -0.411 e. The second kappa shape index (κ2) is 4.33. The van der Waals surface area contributed by atoms with Crippen LogP contribution in [0.4, 0.5) is 13.2 Å². The molecule has 82 valence electrons. The molecule has 0 aliphatic carbocycles. The van der Waals surface area contributed by atoms with Crippen molar-refractivity contribution in [2.45, 2.75) is 19.5 Å². The molecule has 0 aromatic heterocycles. The lowest BCUT2D eigenvalue weighted by Crippen LogP contribution is -2.07. The molecule has 0 atom stereocenters. The van der Waals surface area contributed by atoms with Crippen LogP contribution in [0.5, 0.6) is 0 Å². The largest absolute Gasteiger partial charge is 0.416 e. The van der Waals surface area contributed by atoms with E-state index in [4.69, 9.17) is 5.21 Å². The van der Waals surface area contributed by atoms with Crippen LogP contribution in [-0.4, -0.2) is 10.9 Å². The zero-order valence-electron chi connectivity index (χ0n) is 8.04. The topological polar surface area (TPSA) is 32.6 Å². The van der Waals surface area contributed by atoms with Crippen molar-refractivity contribution < 1.29 is 18.4 Å². The van der Waals surface area contributed by atoms with Crippen LogP contribution in [0.3, 0.4) is 0 Å². The number of alkyl halides is 3. The van der Waals surface area contributed by atoms with Crippen LogP contribution in [0, 0.1) is 0 Å². The Morgan fingerprint density at radius 2 is 2.07 bits per heavy atom. The first kappa shape index (κ1) is 11.6. The van der Waals surface area contributed by atoms with Crippen molar-refractivity contribution in [3.8, 4) is 0 Å². The van der Waals surface area contributed by atoms with Crippen molar-refractivity contribution >= 4 is 5.71 Å². The van der Waals surface area contributed by atoms with Gasteiger partial charge in [0.1, 0.15) is 0 Å². The van der Waals surface area contributed by atoms with E-state index in [0.29, 0.717) is 6.42 Å². The monoisotopic (exact) mass is 217 g/mol. The Morgan fingerprint density at radius 3 is 2.53 bits per heavy atom. The molecule has 1 aromatic rings. The van der Waals surface area contributed by atoms with E-state index >= 15 is 0 Å². The fourth-order valence-electron chi connectivity index (χ4n) is 1.21. The molecular weight excluding hydrogens is 207 g/mol. The van der Waals surface area contributed by atoms with E-state index in [1.165, 1.54) is 12.1 Å². The maximum atomic E-state index is 12.3. The molecule has 0 aliphatic heterocycles. The van der Waals surface area contributed by atoms with Crippen LogP contribution < -0.4 is 0 Å². The number of rotatable bonds is 2. The highest BCUT2D eigenvalue weighted by Gasteiger charge is 2.30. The highest BCUT2D eigenvalue weighted by Crippen LogP contribution is 2.29. The predicted molar refractivity (Wildman–Crippen MR) is 50.1 cm³/mol. The zero-order valence-corrected chi connectivity index (χ0v) is 8.04. The van der Waals surface area contributed by atoms with Gasteiger partial charge in [-0.15, -0.1) is 0 Å². The van der Waals surface area contributed by atoms with Crippen molar-refractivity contribution in [2.75, 3.05) is 0 Å². The average Bonchev–Trinajstić information content (AvgIpc) is 2.19. The first-order valence-electron chi connectivity index (χ1n) is 4.37. The highest BCUT2D eigenvalue weighted by molar-refractivity contribution is 6.00. The normalized spacial score (nSPS) is 12.9. The van der Waals surface area contributed by atoms with Crippen LogP contribution in [0.15, 0.2) is 29.4 Å². The van der Waals surface area contributed by atoms with Gasteiger partial charge in [0.05, 0.1) is 11.3 Å². The fraction of sp³-hybridized carbons (Fsp3) is 0.300. The number of nitrogens with zero attached hydrogens (tertiary/aromatic N) is 1. The van der Waals surface area contributed by atoms with Crippen LogP contribution in [-0.2, 0) is 6.18 Å². The summed E-state index contributed by atoms with van der Waals surface area (Å²) in [6, 6.07) is 4.72. The van der Waals surface area contributed by atoms with Gasteiger partial charge in [-0.1, -0.05) is 24.2 Å². The van der Waals surface area contributed by atoms with Crippen molar-refractivity contribution in [1.29, 1.82) is 0 Å². The summed E-state index contributed by atoms with van der Waals surface area (Å²) in [7, 11) is 0. The van der Waals surface area contributed by atoms with E-state index in [2.05, 4.69) is 5.16 Å². The zero-order chi connectivity index (χ0) is 11.5. The Labute approximate surface area is 85.0 Å². The number of hydrogen-bond donors (Lipinski definition) is 1. The third-order valence-corrected chi connectivity index (χ3v) is 1.98. The van der Waals surface area contributed by atoms with Gasteiger partial charge < -0.3 is 5.21 Å². The van der Waals surface area contributed by atoms with Gasteiger partial charge in [-0.05, 0) is 24.1 Å². The van der Waals surface area contributed by atoms with Crippen LogP contribution in [0.25, 0.3) is 0 Å². The molecule has 1 rings (SSSR count). The Bertz CT molecular complexity index is 371. The third-order valence-electron chi connectivity index (χ3n) is 1.98. The van der Waals surface area contributed by atoms with Crippen LogP contribution in [0.2, 0.25) is 0 Å². The summed E-state index contributed by atoms with van der Waals surface area (Å²) in [5, 5.41) is 11.5. The molecule has 5 heteroatoms. The van der Waals surface area contributed by atoms with Gasteiger partial charge in [0, 0.05) is 0 Å².